The topological polar surface area (TPSA) is 92.8 Å². The maximum atomic E-state index is 11.1. The smallest absolute Gasteiger partial charge is 0.335 e. The van der Waals surface area contributed by atoms with Crippen molar-refractivity contribution in [3.05, 3.63) is 40.9 Å². The minimum Gasteiger partial charge on any atom is -0.504 e. The van der Waals surface area contributed by atoms with Crippen LogP contribution in [0.15, 0.2) is 30.3 Å². The highest BCUT2D eigenvalue weighted by Crippen LogP contribution is 2.39. The van der Waals surface area contributed by atoms with Crippen molar-refractivity contribution in [3.8, 4) is 22.6 Å². The number of methoxy groups -OCH3 is 1. The van der Waals surface area contributed by atoms with Gasteiger partial charge in [0.2, 0.25) is 0 Å². The van der Waals surface area contributed by atoms with Crippen LogP contribution in [0.3, 0.4) is 0 Å². The first kappa shape index (κ1) is 14.0. The van der Waals surface area contributed by atoms with Crippen molar-refractivity contribution < 1.29 is 19.7 Å². The monoisotopic (exact) mass is 293 g/mol. The third kappa shape index (κ3) is 2.48. The van der Waals surface area contributed by atoms with Gasteiger partial charge in [0, 0.05) is 5.56 Å². The number of aromatic hydroxyl groups is 1. The maximum Gasteiger partial charge on any atom is 0.335 e. The zero-order valence-corrected chi connectivity index (χ0v) is 11.3. The summed E-state index contributed by atoms with van der Waals surface area (Å²) < 4.78 is 4.98. The van der Waals surface area contributed by atoms with Gasteiger partial charge in [0.25, 0.3) is 0 Å². The minimum absolute atomic E-state index is 0.00294. The van der Waals surface area contributed by atoms with Crippen LogP contribution in [0.5, 0.6) is 11.5 Å². The molecule has 6 heteroatoms. The van der Waals surface area contributed by atoms with Crippen LogP contribution in [0.2, 0.25) is 5.02 Å². The fraction of sp³-hybridized carbons (Fsp3) is 0.0714. The van der Waals surface area contributed by atoms with E-state index in [1.54, 1.807) is 18.2 Å². The van der Waals surface area contributed by atoms with Gasteiger partial charge in [0.05, 0.1) is 23.4 Å². The Kier molecular flexibility index (Phi) is 3.72. The first-order chi connectivity index (χ1) is 9.43. The highest BCUT2D eigenvalue weighted by atomic mass is 35.5. The van der Waals surface area contributed by atoms with E-state index in [4.69, 9.17) is 27.2 Å². The Labute approximate surface area is 120 Å². The molecule has 0 radical (unpaired) electrons. The number of nitrogen functional groups attached to an aromatic ring is 1. The number of halogens is 1. The van der Waals surface area contributed by atoms with Crippen molar-refractivity contribution in [2.75, 3.05) is 12.8 Å². The first-order valence-electron chi connectivity index (χ1n) is 5.63. The summed E-state index contributed by atoms with van der Waals surface area (Å²) in [6.45, 7) is 0. The molecule has 0 spiro atoms. The summed E-state index contributed by atoms with van der Waals surface area (Å²) in [5.41, 5.74) is 6.91. The SMILES string of the molecule is COc1cc(C(=O)O)cc(-c2ccc(Cl)c(N)c2)c1O. The third-order valence-electron chi connectivity index (χ3n) is 2.85. The Hall–Kier alpha value is -2.40. The number of anilines is 1. The number of nitrogens with two attached hydrogens (primary N) is 1. The molecule has 0 unspecified atom stereocenters. The molecule has 0 aliphatic heterocycles. The number of carboxylic acid groups (broad SMARTS) is 1. The average molecular weight is 294 g/mol. The fourth-order valence-corrected chi connectivity index (χ4v) is 1.94. The standard InChI is InChI=1S/C14H12ClNO4/c1-20-12-6-8(14(18)19)4-9(13(12)17)7-2-3-10(15)11(16)5-7/h2-6,17H,16H2,1H3,(H,18,19). The Morgan fingerprint density at radius 2 is 2.00 bits per heavy atom. The molecule has 20 heavy (non-hydrogen) atoms. The van der Waals surface area contributed by atoms with Crippen LogP contribution < -0.4 is 10.5 Å². The van der Waals surface area contributed by atoms with Gasteiger partial charge in [-0.05, 0) is 29.8 Å². The molecule has 0 amide bonds. The molecule has 0 atom stereocenters. The van der Waals surface area contributed by atoms with Gasteiger partial charge in [0.15, 0.2) is 11.5 Å². The number of aromatic carboxylic acids is 1. The number of phenols is 1. The quantitative estimate of drug-likeness (QED) is 0.757. The third-order valence-corrected chi connectivity index (χ3v) is 3.19. The van der Waals surface area contributed by atoms with E-state index in [1.165, 1.54) is 19.2 Å². The van der Waals surface area contributed by atoms with Gasteiger partial charge in [0.1, 0.15) is 0 Å². The highest BCUT2D eigenvalue weighted by Gasteiger charge is 2.16. The van der Waals surface area contributed by atoms with Crippen LogP contribution in [0.4, 0.5) is 5.69 Å². The molecule has 0 saturated carbocycles. The van der Waals surface area contributed by atoms with E-state index in [2.05, 4.69) is 0 Å². The lowest BCUT2D eigenvalue weighted by Gasteiger charge is -2.11. The van der Waals surface area contributed by atoms with Crippen molar-refractivity contribution in [2.24, 2.45) is 0 Å². The van der Waals surface area contributed by atoms with E-state index in [0.717, 1.165) is 0 Å². The molecule has 4 N–H and O–H groups in total. The highest BCUT2D eigenvalue weighted by molar-refractivity contribution is 6.33. The summed E-state index contributed by atoms with van der Waals surface area (Å²) in [4.78, 5) is 11.1. The van der Waals surface area contributed by atoms with Crippen molar-refractivity contribution in [1.29, 1.82) is 0 Å². The van der Waals surface area contributed by atoms with E-state index < -0.39 is 5.97 Å². The van der Waals surface area contributed by atoms with Crippen LogP contribution in [-0.2, 0) is 0 Å². The van der Waals surface area contributed by atoms with Crippen molar-refractivity contribution in [3.63, 3.8) is 0 Å². The summed E-state index contributed by atoms with van der Waals surface area (Å²) in [6, 6.07) is 7.37. The zero-order chi connectivity index (χ0) is 14.9. The minimum atomic E-state index is -1.12. The molecule has 0 heterocycles. The Morgan fingerprint density at radius 1 is 1.30 bits per heavy atom. The van der Waals surface area contributed by atoms with Gasteiger partial charge < -0.3 is 20.7 Å². The molecular formula is C14H12ClNO4. The largest absolute Gasteiger partial charge is 0.504 e. The predicted octanol–water partition coefficient (Wildman–Crippen LogP) is 3.00. The van der Waals surface area contributed by atoms with E-state index in [-0.39, 0.29) is 17.1 Å². The second-order valence-electron chi connectivity index (χ2n) is 4.12. The molecule has 104 valence electrons. The number of phenolic OH excluding ortho intramolecular Hbond substituents is 1. The lowest BCUT2D eigenvalue weighted by molar-refractivity contribution is 0.0696. The average Bonchev–Trinajstić information content (AvgIpc) is 2.42. The van der Waals surface area contributed by atoms with Crippen LogP contribution in [0.25, 0.3) is 11.1 Å². The van der Waals surface area contributed by atoms with Gasteiger partial charge in [-0.1, -0.05) is 17.7 Å². The fourth-order valence-electron chi connectivity index (χ4n) is 1.82. The predicted molar refractivity (Wildman–Crippen MR) is 76.5 cm³/mol. The first-order valence-corrected chi connectivity index (χ1v) is 6.01. The normalized spacial score (nSPS) is 10.3. The number of hydrogen-bond acceptors (Lipinski definition) is 4. The van der Waals surface area contributed by atoms with Gasteiger partial charge in [-0.3, -0.25) is 0 Å². The van der Waals surface area contributed by atoms with Gasteiger partial charge in [-0.2, -0.15) is 0 Å². The molecule has 2 rings (SSSR count). The van der Waals surface area contributed by atoms with E-state index >= 15 is 0 Å². The molecule has 0 fully saturated rings. The zero-order valence-electron chi connectivity index (χ0n) is 10.6. The van der Waals surface area contributed by atoms with Gasteiger partial charge in [-0.25, -0.2) is 4.79 Å². The molecule has 0 aliphatic rings. The van der Waals surface area contributed by atoms with Crippen molar-refractivity contribution in [1.82, 2.24) is 0 Å². The number of carboxylic acids is 1. The second kappa shape index (κ2) is 5.30. The summed E-state index contributed by atoms with van der Waals surface area (Å²) >= 11 is 5.84. The molecule has 5 nitrogen and oxygen atoms in total. The van der Waals surface area contributed by atoms with Gasteiger partial charge >= 0.3 is 5.97 Å². The number of rotatable bonds is 3. The van der Waals surface area contributed by atoms with Crippen LogP contribution in [0, 0.1) is 0 Å². The number of benzene rings is 2. The molecule has 0 saturated heterocycles. The molecule has 0 aliphatic carbocycles. The Bertz CT molecular complexity index is 685. The number of ether oxygens (including phenoxy) is 1. The van der Waals surface area contributed by atoms with Gasteiger partial charge in [-0.15, -0.1) is 0 Å². The summed E-state index contributed by atoms with van der Waals surface area (Å²) in [5.74, 6) is -1.20. The maximum absolute atomic E-state index is 11.1. The van der Waals surface area contributed by atoms with E-state index in [1.807, 2.05) is 0 Å². The van der Waals surface area contributed by atoms with Crippen molar-refractivity contribution >= 4 is 23.3 Å². The van der Waals surface area contributed by atoms with Crippen molar-refractivity contribution in [2.45, 2.75) is 0 Å². The number of carbonyl (C=O) groups is 1. The second-order valence-corrected chi connectivity index (χ2v) is 4.52. The lowest BCUT2D eigenvalue weighted by Crippen LogP contribution is -1.99. The molecule has 0 aromatic heterocycles. The summed E-state index contributed by atoms with van der Waals surface area (Å²) in [6.07, 6.45) is 0. The van der Waals surface area contributed by atoms with E-state index in [0.29, 0.717) is 21.8 Å². The van der Waals surface area contributed by atoms with E-state index in [9.17, 15) is 9.90 Å². The molecule has 2 aromatic carbocycles. The molecule has 2 aromatic rings. The Morgan fingerprint density at radius 3 is 2.55 bits per heavy atom. The summed E-state index contributed by atoms with van der Waals surface area (Å²) in [5, 5.41) is 19.6. The molecule has 0 bridgehead atoms. The van der Waals surface area contributed by atoms with Crippen LogP contribution in [-0.4, -0.2) is 23.3 Å². The van der Waals surface area contributed by atoms with Crippen LogP contribution in [0.1, 0.15) is 10.4 Å². The lowest BCUT2D eigenvalue weighted by atomic mass is 10.0. The summed E-state index contributed by atoms with van der Waals surface area (Å²) in [7, 11) is 1.35. The van der Waals surface area contributed by atoms with Crippen LogP contribution >= 0.6 is 11.6 Å². The Balaban J connectivity index is 2.68. The molecular weight excluding hydrogens is 282 g/mol. The number of hydrogen-bond donors (Lipinski definition) is 3.